The molecule has 132 valence electrons. The number of rotatable bonds is 5. The molecule has 0 heterocycles. The molecule has 8 heteroatoms. The first kappa shape index (κ1) is 19.1. The van der Waals surface area contributed by atoms with Crippen LogP contribution in [0.4, 0.5) is 13.2 Å². The molecule has 0 aliphatic rings. The fourth-order valence-corrected chi connectivity index (χ4v) is 2.81. The van der Waals surface area contributed by atoms with E-state index in [1.54, 1.807) is 18.2 Å². The Bertz CT molecular complexity index is 831. The molecular weight excluding hydrogens is 452 g/mol. The van der Waals surface area contributed by atoms with Crippen molar-refractivity contribution in [1.82, 2.24) is 0 Å². The van der Waals surface area contributed by atoms with Gasteiger partial charge in [-0.05, 0) is 58.5 Å². The topological polar surface area (TPSA) is 58.6 Å². The van der Waals surface area contributed by atoms with E-state index in [1.807, 2.05) is 22.6 Å². The summed E-state index contributed by atoms with van der Waals surface area (Å²) in [5.74, 6) is -1.58. The molecule has 0 amide bonds. The molecule has 4 nitrogen and oxygen atoms in total. The molecule has 2 aromatic rings. The van der Waals surface area contributed by atoms with Crippen molar-refractivity contribution in [1.29, 1.82) is 0 Å². The smallest absolute Gasteiger partial charge is 0.417 e. The summed E-state index contributed by atoms with van der Waals surface area (Å²) in [5, 5.41) is 10.9. The number of ether oxygens (including phenoxy) is 2. The predicted molar refractivity (Wildman–Crippen MR) is 91.7 cm³/mol. The Kier molecular flexibility index (Phi) is 5.61. The molecule has 0 N–H and O–H groups in total. The van der Waals surface area contributed by atoms with Crippen molar-refractivity contribution in [2.45, 2.75) is 6.18 Å². The Morgan fingerprint density at radius 1 is 1.28 bits per heavy atom. The lowest BCUT2D eigenvalue weighted by atomic mass is 10.1. The Morgan fingerprint density at radius 3 is 2.48 bits per heavy atom. The van der Waals surface area contributed by atoms with Crippen molar-refractivity contribution in [2.24, 2.45) is 0 Å². The number of hydrogen-bond donors (Lipinski definition) is 0. The molecule has 0 bridgehead atoms. The molecule has 0 atom stereocenters. The van der Waals surface area contributed by atoms with E-state index in [1.165, 1.54) is 7.11 Å². The zero-order valence-electron chi connectivity index (χ0n) is 12.8. The van der Waals surface area contributed by atoms with Crippen molar-refractivity contribution >= 4 is 34.6 Å². The van der Waals surface area contributed by atoms with Gasteiger partial charge in [0.05, 0.1) is 22.2 Å². The lowest BCUT2D eigenvalue weighted by molar-refractivity contribution is -0.255. The van der Waals surface area contributed by atoms with E-state index in [2.05, 4.69) is 6.58 Å². The number of aromatic carboxylic acids is 1. The summed E-state index contributed by atoms with van der Waals surface area (Å²) in [5.41, 5.74) is -1.55. The van der Waals surface area contributed by atoms with Gasteiger partial charge in [-0.15, -0.1) is 0 Å². The molecule has 0 fully saturated rings. The van der Waals surface area contributed by atoms with Crippen LogP contribution in [0.3, 0.4) is 0 Å². The second-order valence-corrected chi connectivity index (χ2v) is 6.00. The van der Waals surface area contributed by atoms with Crippen LogP contribution >= 0.6 is 22.6 Å². The molecule has 2 aromatic carbocycles. The molecule has 2 rings (SSSR count). The lowest BCUT2D eigenvalue weighted by Gasteiger charge is -2.17. The molecule has 0 radical (unpaired) electrons. The number of halogens is 4. The van der Waals surface area contributed by atoms with Crippen LogP contribution in [0.5, 0.6) is 17.2 Å². The maximum Gasteiger partial charge on any atom is 0.417 e. The van der Waals surface area contributed by atoms with Crippen LogP contribution in [-0.2, 0) is 6.18 Å². The van der Waals surface area contributed by atoms with Gasteiger partial charge in [0.25, 0.3) is 0 Å². The monoisotopic (exact) mass is 463 g/mol. The third-order valence-corrected chi connectivity index (χ3v) is 4.03. The maximum absolute atomic E-state index is 13.1. The summed E-state index contributed by atoms with van der Waals surface area (Å²) in [4.78, 5) is 10.9. The first-order chi connectivity index (χ1) is 11.7. The highest BCUT2D eigenvalue weighted by Gasteiger charge is 2.34. The van der Waals surface area contributed by atoms with E-state index in [4.69, 9.17) is 9.47 Å². The summed E-state index contributed by atoms with van der Waals surface area (Å²) in [6.07, 6.45) is -3.27. The second kappa shape index (κ2) is 7.34. The zero-order chi connectivity index (χ0) is 18.8. The Balaban J connectivity index is 2.52. The number of carboxylic acid groups (broad SMARTS) is 1. The van der Waals surface area contributed by atoms with E-state index < -0.39 is 23.3 Å². The van der Waals surface area contributed by atoms with E-state index in [-0.39, 0.29) is 11.5 Å². The zero-order valence-corrected chi connectivity index (χ0v) is 15.0. The fraction of sp³-hybridized carbons (Fsp3) is 0.118. The normalized spacial score (nSPS) is 11.1. The number of benzene rings is 2. The van der Waals surface area contributed by atoms with Gasteiger partial charge in [0.1, 0.15) is 5.75 Å². The van der Waals surface area contributed by atoms with E-state index in [0.29, 0.717) is 15.4 Å². The number of carbonyl (C=O) groups is 1. The minimum Gasteiger partial charge on any atom is -0.545 e. The van der Waals surface area contributed by atoms with Gasteiger partial charge >= 0.3 is 6.18 Å². The third kappa shape index (κ3) is 4.25. The Labute approximate surface area is 155 Å². The van der Waals surface area contributed by atoms with Crippen molar-refractivity contribution in [3.63, 3.8) is 0 Å². The molecule has 0 saturated carbocycles. The first-order valence-electron chi connectivity index (χ1n) is 6.77. The fourth-order valence-electron chi connectivity index (χ4n) is 2.07. The van der Waals surface area contributed by atoms with Gasteiger partial charge < -0.3 is 19.4 Å². The van der Waals surface area contributed by atoms with Gasteiger partial charge in [-0.25, -0.2) is 0 Å². The number of methoxy groups -OCH3 is 1. The largest absolute Gasteiger partial charge is 0.545 e. The molecule has 0 aliphatic carbocycles. The molecule has 0 unspecified atom stereocenters. The quantitative estimate of drug-likeness (QED) is 0.627. The van der Waals surface area contributed by atoms with Crippen LogP contribution in [0.15, 0.2) is 36.9 Å². The van der Waals surface area contributed by atoms with Gasteiger partial charge in [-0.1, -0.05) is 12.7 Å². The Hall–Kier alpha value is -2.23. The molecule has 0 aromatic heterocycles. The van der Waals surface area contributed by atoms with E-state index in [9.17, 15) is 23.1 Å². The highest BCUT2D eigenvalue weighted by atomic mass is 127. The molecule has 0 spiro atoms. The molecule has 0 saturated heterocycles. The van der Waals surface area contributed by atoms with Crippen LogP contribution in [-0.4, -0.2) is 13.1 Å². The summed E-state index contributed by atoms with van der Waals surface area (Å²) >= 11 is 1.95. The average Bonchev–Trinajstić information content (AvgIpc) is 2.55. The average molecular weight is 463 g/mol. The number of alkyl halides is 3. The third-order valence-electron chi connectivity index (χ3n) is 3.22. The minimum absolute atomic E-state index is 0.181. The van der Waals surface area contributed by atoms with Crippen molar-refractivity contribution in [2.75, 3.05) is 7.11 Å². The molecule has 0 aliphatic heterocycles. The van der Waals surface area contributed by atoms with Gasteiger partial charge in [-0.3, -0.25) is 0 Å². The van der Waals surface area contributed by atoms with E-state index >= 15 is 0 Å². The SMILES string of the molecule is C=Cc1cc(I)c(Oc2ccc(C(=O)[O-])c(C(F)(F)F)c2)c(OC)c1. The number of carbonyl (C=O) groups excluding carboxylic acids is 1. The van der Waals surface area contributed by atoms with Crippen LogP contribution in [0.1, 0.15) is 21.5 Å². The van der Waals surface area contributed by atoms with Crippen molar-refractivity contribution < 1.29 is 32.5 Å². The summed E-state index contributed by atoms with van der Waals surface area (Å²) in [6.45, 7) is 3.64. The Morgan fingerprint density at radius 2 is 1.96 bits per heavy atom. The lowest BCUT2D eigenvalue weighted by Crippen LogP contribution is -2.26. The molecular formula is C17H11F3IO4-. The van der Waals surface area contributed by atoms with Gasteiger partial charge in [0.2, 0.25) is 0 Å². The number of carboxylic acids is 1. The highest BCUT2D eigenvalue weighted by molar-refractivity contribution is 14.1. The highest BCUT2D eigenvalue weighted by Crippen LogP contribution is 2.40. The summed E-state index contributed by atoms with van der Waals surface area (Å²) < 4.78 is 50.5. The van der Waals surface area contributed by atoms with Gasteiger partial charge in [-0.2, -0.15) is 13.2 Å². The van der Waals surface area contributed by atoms with Crippen LogP contribution in [0, 0.1) is 3.57 Å². The first-order valence-corrected chi connectivity index (χ1v) is 7.85. The second-order valence-electron chi connectivity index (χ2n) is 4.83. The van der Waals surface area contributed by atoms with Crippen LogP contribution in [0.25, 0.3) is 6.08 Å². The van der Waals surface area contributed by atoms with E-state index in [0.717, 1.165) is 17.7 Å². The maximum atomic E-state index is 13.1. The summed E-state index contributed by atoms with van der Waals surface area (Å²) in [7, 11) is 1.39. The van der Waals surface area contributed by atoms with Crippen molar-refractivity contribution in [3.05, 3.63) is 57.2 Å². The predicted octanol–water partition coefficient (Wildman–Crippen LogP) is 4.12. The van der Waals surface area contributed by atoms with Gasteiger partial charge in [0.15, 0.2) is 11.5 Å². The van der Waals surface area contributed by atoms with Gasteiger partial charge in [0, 0.05) is 5.56 Å². The number of hydrogen-bond acceptors (Lipinski definition) is 4. The van der Waals surface area contributed by atoms with Crippen molar-refractivity contribution in [3.8, 4) is 17.2 Å². The molecule has 25 heavy (non-hydrogen) atoms. The van der Waals surface area contributed by atoms with Crippen LogP contribution < -0.4 is 14.6 Å². The summed E-state index contributed by atoms with van der Waals surface area (Å²) in [6, 6.07) is 5.86. The van der Waals surface area contributed by atoms with Crippen LogP contribution in [0.2, 0.25) is 0 Å². The minimum atomic E-state index is -4.86. The standard InChI is InChI=1S/C17H12F3IO4/c1-3-9-6-13(21)15(14(7-9)24-2)25-10-4-5-11(16(22)23)12(8-10)17(18,19)20/h3-8H,1H2,2H3,(H,22,23)/p-1.